The number of fused-ring (bicyclic) bond motifs is 2. The summed E-state index contributed by atoms with van der Waals surface area (Å²) in [6, 6.07) is 29.0. The van der Waals surface area contributed by atoms with E-state index in [9.17, 15) is 23.3 Å². The Morgan fingerprint density at radius 3 is 2.52 bits per heavy atom. The van der Waals surface area contributed by atoms with E-state index in [4.69, 9.17) is 9.47 Å². The van der Waals surface area contributed by atoms with Crippen LogP contribution in [0, 0.1) is 15.5 Å². The molecule has 6 heterocycles. The highest BCUT2D eigenvalue weighted by Crippen LogP contribution is 2.49. The van der Waals surface area contributed by atoms with Crippen LogP contribution in [0.5, 0.6) is 17.4 Å². The first kappa shape index (κ1) is 44.3. The number of aromatic amines is 1. The van der Waals surface area contributed by atoms with Crippen LogP contribution < -0.4 is 24.4 Å². The number of hydrogen-bond acceptors (Lipinski definition) is 12. The molecular formula is C51H56N8O7S. The van der Waals surface area contributed by atoms with Gasteiger partial charge >= 0.3 is 5.69 Å². The lowest BCUT2D eigenvalue weighted by Gasteiger charge is -2.48. The predicted molar refractivity (Wildman–Crippen MR) is 257 cm³/mol. The summed E-state index contributed by atoms with van der Waals surface area (Å²) in [6.45, 7) is 7.52. The van der Waals surface area contributed by atoms with Crippen molar-refractivity contribution in [3.8, 4) is 17.4 Å². The van der Waals surface area contributed by atoms with Gasteiger partial charge in [0.05, 0.1) is 28.8 Å². The van der Waals surface area contributed by atoms with Gasteiger partial charge in [-0.15, -0.1) is 0 Å². The number of likely N-dealkylation sites (tertiary alicyclic amines) is 1. The Morgan fingerprint density at radius 2 is 1.75 bits per heavy atom. The summed E-state index contributed by atoms with van der Waals surface area (Å²) in [7, 11) is -4.76. The zero-order valence-electron chi connectivity index (χ0n) is 37.8. The number of benzene rings is 3. The number of aromatic nitrogens is 3. The van der Waals surface area contributed by atoms with Crippen LogP contribution in [0.25, 0.3) is 11.0 Å². The van der Waals surface area contributed by atoms with E-state index in [-0.39, 0.29) is 40.9 Å². The maximum absolute atomic E-state index is 14.1. The molecule has 67 heavy (non-hydrogen) atoms. The largest absolute Gasteiger partial charge is 0.474 e. The third kappa shape index (κ3) is 9.16. The number of anilines is 2. The summed E-state index contributed by atoms with van der Waals surface area (Å²) in [4.78, 5) is 42.5. The number of sulfonamides is 1. The van der Waals surface area contributed by atoms with Crippen molar-refractivity contribution in [3.05, 3.63) is 136 Å². The van der Waals surface area contributed by atoms with Gasteiger partial charge in [0, 0.05) is 48.5 Å². The minimum Gasteiger partial charge on any atom is -0.474 e. The van der Waals surface area contributed by atoms with Crippen LogP contribution in [0.15, 0.2) is 108 Å². The van der Waals surface area contributed by atoms with Gasteiger partial charge in [0.15, 0.2) is 10.7 Å². The SMILES string of the molecule is CC(C)c1ccccc1[C@@H]1CCCN1C1CCC2(CC1)CCN(c1ccc(C(=O)NS(=O)(=O)c3cc([N+](=O)[O-])c4c(n3)OC[C@H](Cc3ccccc3)N4)c(Oc3cnc4[nH]ccc4c3)c1)CC2. The highest BCUT2D eigenvalue weighted by atomic mass is 32.2. The third-order valence-corrected chi connectivity index (χ3v) is 15.7. The molecule has 1 spiro atoms. The van der Waals surface area contributed by atoms with E-state index in [2.05, 4.69) is 72.9 Å². The topological polar surface area (TPSA) is 185 Å². The molecule has 1 aliphatic carbocycles. The molecule has 3 aliphatic heterocycles. The zero-order valence-corrected chi connectivity index (χ0v) is 38.6. The number of amides is 1. The van der Waals surface area contributed by atoms with Gasteiger partial charge in [0.1, 0.15) is 23.8 Å². The Balaban J connectivity index is 0.849. The number of carbonyl (C=O) groups excluding carboxylic acids is 1. The third-order valence-electron chi connectivity index (χ3n) is 14.5. The molecule has 16 heteroatoms. The van der Waals surface area contributed by atoms with E-state index in [1.165, 1.54) is 62.4 Å². The number of nitro groups is 1. The van der Waals surface area contributed by atoms with Crippen molar-refractivity contribution >= 4 is 44.0 Å². The molecular weight excluding hydrogens is 869 g/mol. The molecule has 3 aromatic carbocycles. The molecule has 3 fully saturated rings. The minimum atomic E-state index is -4.76. The van der Waals surface area contributed by atoms with Crippen LogP contribution in [0.3, 0.4) is 0 Å². The van der Waals surface area contributed by atoms with Crippen LogP contribution in [-0.2, 0) is 16.4 Å². The summed E-state index contributed by atoms with van der Waals surface area (Å²) in [6.07, 6.45) is 13.2. The fourth-order valence-electron chi connectivity index (χ4n) is 10.9. The van der Waals surface area contributed by atoms with Crippen molar-refractivity contribution in [2.75, 3.05) is 36.5 Å². The molecule has 10 rings (SSSR count). The standard InChI is InChI=1S/C51H56N8O7S/c1-33(2)40-11-6-7-12-41(40)43-13-8-24-58(43)37-16-19-51(20-17-37)21-25-57(26-22-51)38-14-15-42(45(29-38)66-39-28-35-18-23-52-48(35)53-31-39)49(60)56-67(63,64)46-30-44(59(61)62)47-50(55-46)65-32-36(54-47)27-34-9-4-3-5-10-34/h3-7,9-12,14-15,18,23,28-31,33,36-37,43,54H,8,13,16-17,19-22,24-27,32H2,1-2H3,(H,52,53)(H,56,60)/t36-,43-/m0/s1. The fourth-order valence-corrected chi connectivity index (χ4v) is 11.9. The van der Waals surface area contributed by atoms with Gasteiger partial charge in [-0.25, -0.2) is 9.71 Å². The van der Waals surface area contributed by atoms with Gasteiger partial charge in [0.25, 0.3) is 15.9 Å². The highest BCUT2D eigenvalue weighted by molar-refractivity contribution is 7.90. The monoisotopic (exact) mass is 924 g/mol. The Labute approximate surface area is 390 Å². The first-order valence-electron chi connectivity index (χ1n) is 23.5. The number of pyridine rings is 2. The number of nitrogens with one attached hydrogen (secondary N) is 3. The molecule has 0 unspecified atom stereocenters. The van der Waals surface area contributed by atoms with E-state index < -0.39 is 31.6 Å². The average molecular weight is 925 g/mol. The summed E-state index contributed by atoms with van der Waals surface area (Å²) in [5.41, 5.74) is 5.14. The Morgan fingerprint density at radius 1 is 0.970 bits per heavy atom. The predicted octanol–water partition coefficient (Wildman–Crippen LogP) is 9.68. The lowest BCUT2D eigenvalue weighted by molar-refractivity contribution is -0.384. The van der Waals surface area contributed by atoms with Crippen molar-refractivity contribution < 1.29 is 27.6 Å². The number of hydrogen-bond donors (Lipinski definition) is 3. The summed E-state index contributed by atoms with van der Waals surface area (Å²) >= 11 is 0. The van der Waals surface area contributed by atoms with E-state index in [0.717, 1.165) is 48.6 Å². The first-order valence-corrected chi connectivity index (χ1v) is 24.9. The molecule has 0 radical (unpaired) electrons. The molecule has 3 aromatic heterocycles. The normalized spacial score (nSPS) is 19.8. The van der Waals surface area contributed by atoms with Gasteiger partial charge in [-0.2, -0.15) is 13.4 Å². The Hall–Kier alpha value is -6.52. The highest BCUT2D eigenvalue weighted by Gasteiger charge is 2.42. The first-order chi connectivity index (χ1) is 32.4. The van der Waals surface area contributed by atoms with Crippen LogP contribution in [0.4, 0.5) is 17.1 Å². The minimum absolute atomic E-state index is 0.0303. The van der Waals surface area contributed by atoms with Crippen molar-refractivity contribution in [1.82, 2.24) is 24.6 Å². The van der Waals surface area contributed by atoms with Crippen molar-refractivity contribution in [2.24, 2.45) is 5.41 Å². The fraction of sp³-hybridized carbons (Fsp3) is 0.392. The van der Waals surface area contributed by atoms with Crippen molar-refractivity contribution in [1.29, 1.82) is 0 Å². The smallest absolute Gasteiger partial charge is 0.300 e. The molecule has 1 amide bonds. The maximum atomic E-state index is 14.1. The van der Waals surface area contributed by atoms with Crippen molar-refractivity contribution in [3.63, 3.8) is 0 Å². The molecule has 6 aromatic rings. The van der Waals surface area contributed by atoms with Gasteiger partial charge in [0.2, 0.25) is 5.88 Å². The van der Waals surface area contributed by atoms with Gasteiger partial charge in [-0.1, -0.05) is 68.4 Å². The molecule has 2 saturated heterocycles. The van der Waals surface area contributed by atoms with E-state index in [1.54, 1.807) is 24.4 Å². The molecule has 2 atom stereocenters. The number of rotatable bonds is 12. The second-order valence-corrected chi connectivity index (χ2v) is 20.6. The van der Waals surface area contributed by atoms with Crippen LogP contribution >= 0.6 is 0 Å². The van der Waals surface area contributed by atoms with Gasteiger partial charge < -0.3 is 24.7 Å². The number of ether oxygens (including phenoxy) is 2. The van der Waals surface area contributed by atoms with E-state index in [0.29, 0.717) is 35.8 Å². The Bertz CT molecular complexity index is 2910. The average Bonchev–Trinajstić information content (AvgIpc) is 4.02. The number of carbonyl (C=O) groups is 1. The quantitative estimate of drug-likeness (QED) is 0.0781. The lowest BCUT2D eigenvalue weighted by atomic mass is 9.66. The van der Waals surface area contributed by atoms with E-state index >= 15 is 0 Å². The summed E-state index contributed by atoms with van der Waals surface area (Å²) in [5, 5.41) is 15.5. The summed E-state index contributed by atoms with van der Waals surface area (Å²) in [5.74, 6) is -0.258. The molecule has 15 nitrogen and oxygen atoms in total. The second-order valence-electron chi connectivity index (χ2n) is 19.0. The Kier molecular flexibility index (Phi) is 12.1. The number of piperidine rings is 1. The number of nitrogens with zero attached hydrogens (tertiary/aromatic N) is 5. The van der Waals surface area contributed by atoms with Crippen LogP contribution in [0.1, 0.15) is 104 Å². The molecule has 4 aliphatic rings. The lowest BCUT2D eigenvalue weighted by Crippen LogP contribution is -2.45. The van der Waals surface area contributed by atoms with Gasteiger partial charge in [-0.05, 0) is 117 Å². The van der Waals surface area contributed by atoms with Gasteiger partial charge in [-0.3, -0.25) is 19.8 Å². The molecule has 348 valence electrons. The second kappa shape index (κ2) is 18.3. The molecule has 0 bridgehead atoms. The molecule has 3 N–H and O–H groups in total. The van der Waals surface area contributed by atoms with Crippen molar-refractivity contribution in [2.45, 2.75) is 101 Å². The van der Waals surface area contributed by atoms with Crippen LogP contribution in [0.2, 0.25) is 0 Å². The molecule has 1 saturated carbocycles. The zero-order chi connectivity index (χ0) is 46.3. The van der Waals surface area contributed by atoms with E-state index in [1.807, 2.05) is 42.5 Å². The number of H-pyrrole nitrogens is 1. The van der Waals surface area contributed by atoms with Crippen LogP contribution in [-0.4, -0.2) is 77.4 Å². The summed E-state index contributed by atoms with van der Waals surface area (Å²) < 4.78 is 42.0. The maximum Gasteiger partial charge on any atom is 0.300 e.